The van der Waals surface area contributed by atoms with Gasteiger partial charge in [0.15, 0.2) is 0 Å². The van der Waals surface area contributed by atoms with Gasteiger partial charge in [0.05, 0.1) is 10.4 Å². The Hall–Kier alpha value is -0.975. The number of benzene rings is 1. The molecule has 2 nitrogen and oxygen atoms in total. The van der Waals surface area contributed by atoms with Crippen molar-refractivity contribution in [2.75, 3.05) is 0 Å². The molecule has 1 amide bonds. The molecule has 0 aromatic heterocycles. The van der Waals surface area contributed by atoms with E-state index in [2.05, 4.69) is 21.2 Å². The molecule has 0 fully saturated rings. The van der Waals surface area contributed by atoms with Gasteiger partial charge in [-0.25, -0.2) is 0 Å². The summed E-state index contributed by atoms with van der Waals surface area (Å²) in [5.41, 5.74) is -0.0578. The smallest absolute Gasteiger partial charge is 0.351 e. The number of halogens is 4. The van der Waals surface area contributed by atoms with E-state index in [4.69, 9.17) is 0 Å². The lowest BCUT2D eigenvalue weighted by Gasteiger charge is -2.11. The van der Waals surface area contributed by atoms with Crippen molar-refractivity contribution < 1.29 is 18.0 Å². The van der Waals surface area contributed by atoms with E-state index in [0.717, 1.165) is 18.5 Å². The van der Waals surface area contributed by atoms with Crippen LogP contribution in [0.1, 0.15) is 17.5 Å². The van der Waals surface area contributed by atoms with Gasteiger partial charge in [-0.05, 0) is 24.1 Å². The molecule has 1 unspecified atom stereocenters. The van der Waals surface area contributed by atoms with Crippen LogP contribution in [0.3, 0.4) is 0 Å². The molecule has 1 N–H and O–H groups in total. The van der Waals surface area contributed by atoms with E-state index < -0.39 is 11.7 Å². The minimum absolute atomic E-state index is 0.160. The van der Waals surface area contributed by atoms with Gasteiger partial charge in [-0.1, -0.05) is 41.2 Å². The molecule has 0 aliphatic heterocycles. The van der Waals surface area contributed by atoms with Crippen LogP contribution in [0.25, 0.3) is 0 Å². The molecule has 1 atom stereocenters. The van der Waals surface area contributed by atoms with Gasteiger partial charge in [0.1, 0.15) is 7.28 Å². The molecule has 20 heavy (non-hydrogen) atoms. The van der Waals surface area contributed by atoms with Crippen molar-refractivity contribution in [1.29, 1.82) is 0 Å². The average molecular weight is 349 g/mol. The fourth-order valence-electron chi connectivity index (χ4n) is 1.56. The quantitative estimate of drug-likeness (QED) is 0.617. The third-order valence-corrected chi connectivity index (χ3v) is 3.61. The van der Waals surface area contributed by atoms with Gasteiger partial charge in [-0.3, -0.25) is 4.79 Å². The van der Waals surface area contributed by atoms with Gasteiger partial charge < -0.3 is 5.32 Å². The molecule has 0 spiro atoms. The van der Waals surface area contributed by atoms with E-state index in [0.29, 0.717) is 12.0 Å². The van der Waals surface area contributed by atoms with Gasteiger partial charge in [0.25, 0.3) is 0 Å². The van der Waals surface area contributed by atoms with Crippen molar-refractivity contribution in [2.45, 2.75) is 37.1 Å². The lowest BCUT2D eigenvalue weighted by atomic mass is 9.76. The van der Waals surface area contributed by atoms with Gasteiger partial charge in [0, 0.05) is 6.54 Å². The average Bonchev–Trinajstić information content (AvgIpc) is 2.41. The van der Waals surface area contributed by atoms with Crippen molar-refractivity contribution in [3.8, 4) is 0 Å². The summed E-state index contributed by atoms with van der Waals surface area (Å²) in [5, 5.41) is 2.68. The van der Waals surface area contributed by atoms with Crippen molar-refractivity contribution >= 4 is 29.1 Å². The second-order valence-electron chi connectivity index (χ2n) is 4.37. The molecule has 1 radical (unpaired) electrons. The number of amides is 1. The van der Waals surface area contributed by atoms with Crippen LogP contribution < -0.4 is 5.32 Å². The van der Waals surface area contributed by atoms with Gasteiger partial charge in [0.2, 0.25) is 5.91 Å². The van der Waals surface area contributed by atoms with E-state index in [1.54, 1.807) is 0 Å². The molecule has 1 rings (SSSR count). The van der Waals surface area contributed by atoms with Crippen LogP contribution in [0.4, 0.5) is 13.2 Å². The van der Waals surface area contributed by atoms with Crippen molar-refractivity contribution in [1.82, 2.24) is 5.32 Å². The zero-order valence-electron chi connectivity index (χ0n) is 11.0. The summed E-state index contributed by atoms with van der Waals surface area (Å²) >= 11 is 3.27. The highest BCUT2D eigenvalue weighted by molar-refractivity contribution is 9.10. The fourth-order valence-corrected chi connectivity index (χ4v) is 1.98. The topological polar surface area (TPSA) is 29.1 Å². The highest BCUT2D eigenvalue weighted by Crippen LogP contribution is 2.29. The summed E-state index contributed by atoms with van der Waals surface area (Å²) in [6, 6.07) is 4.76. The summed E-state index contributed by atoms with van der Waals surface area (Å²) in [6.45, 7) is 2.13. The SMILES string of the molecule is C[B]CCC(Br)C(=O)NCc1ccc(C(F)(F)F)cc1. The molecule has 0 bridgehead atoms. The van der Waals surface area contributed by atoms with Crippen LogP contribution >= 0.6 is 15.9 Å². The zero-order valence-corrected chi connectivity index (χ0v) is 12.6. The minimum Gasteiger partial charge on any atom is -0.351 e. The van der Waals surface area contributed by atoms with Crippen LogP contribution in [-0.4, -0.2) is 18.0 Å². The summed E-state index contributed by atoms with van der Waals surface area (Å²) < 4.78 is 37.1. The largest absolute Gasteiger partial charge is 0.416 e. The molecule has 0 saturated heterocycles. The predicted molar refractivity (Wildman–Crippen MR) is 77.0 cm³/mol. The maximum Gasteiger partial charge on any atom is 0.416 e. The summed E-state index contributed by atoms with van der Waals surface area (Å²) in [7, 11) is 1.97. The number of carbonyl (C=O) groups excluding carboxylic acids is 1. The Labute approximate surface area is 125 Å². The fraction of sp³-hybridized carbons (Fsp3) is 0.462. The number of hydrogen-bond donors (Lipinski definition) is 1. The zero-order chi connectivity index (χ0) is 15.2. The molecule has 0 saturated carbocycles. The highest BCUT2D eigenvalue weighted by Gasteiger charge is 2.29. The number of alkyl halides is 4. The van der Waals surface area contributed by atoms with Gasteiger partial charge >= 0.3 is 6.18 Å². The molecule has 1 aromatic carbocycles. The molecule has 0 aliphatic rings. The highest BCUT2D eigenvalue weighted by atomic mass is 79.9. The lowest BCUT2D eigenvalue weighted by molar-refractivity contribution is -0.137. The molecule has 7 heteroatoms. The molecule has 109 valence electrons. The molecular formula is C13H15BBrF3NO. The Morgan fingerprint density at radius 1 is 1.35 bits per heavy atom. The molecular weight excluding hydrogens is 334 g/mol. The lowest BCUT2D eigenvalue weighted by Crippen LogP contribution is -2.30. The van der Waals surface area contributed by atoms with Crippen LogP contribution in [0.15, 0.2) is 24.3 Å². The Morgan fingerprint density at radius 3 is 2.45 bits per heavy atom. The Morgan fingerprint density at radius 2 is 1.95 bits per heavy atom. The summed E-state index contributed by atoms with van der Waals surface area (Å²) in [6.07, 6.45) is -2.82. The number of rotatable bonds is 6. The standard InChI is InChI=1S/C13H15BBrF3NO/c1-14-7-6-11(15)12(20)19-8-9-2-4-10(5-3-9)13(16,17)18/h2-5,11H,6-8H2,1H3,(H,19,20). The van der Waals surface area contributed by atoms with Crippen molar-refractivity contribution in [3.63, 3.8) is 0 Å². The second kappa shape index (κ2) is 7.71. The van der Waals surface area contributed by atoms with E-state index in [1.165, 1.54) is 12.1 Å². The second-order valence-corrected chi connectivity index (χ2v) is 5.47. The third-order valence-electron chi connectivity index (χ3n) is 2.74. The summed E-state index contributed by atoms with van der Waals surface area (Å²) in [5.74, 6) is -0.160. The van der Waals surface area contributed by atoms with Crippen LogP contribution in [0, 0.1) is 0 Å². The van der Waals surface area contributed by atoms with E-state index in [9.17, 15) is 18.0 Å². The maximum atomic E-state index is 12.4. The number of carbonyl (C=O) groups is 1. The van der Waals surface area contributed by atoms with Crippen LogP contribution in [0.5, 0.6) is 0 Å². The van der Waals surface area contributed by atoms with Crippen LogP contribution in [0.2, 0.25) is 13.1 Å². The normalized spacial score (nSPS) is 12.8. The van der Waals surface area contributed by atoms with Crippen LogP contribution in [-0.2, 0) is 17.5 Å². The van der Waals surface area contributed by atoms with E-state index >= 15 is 0 Å². The Balaban J connectivity index is 2.48. The molecule has 0 aliphatic carbocycles. The predicted octanol–water partition coefficient (Wildman–Crippen LogP) is 3.65. The van der Waals surface area contributed by atoms with Gasteiger partial charge in [-0.15, -0.1) is 0 Å². The van der Waals surface area contributed by atoms with Crippen molar-refractivity contribution in [2.24, 2.45) is 0 Å². The third kappa shape index (κ3) is 5.57. The monoisotopic (exact) mass is 348 g/mol. The Kier molecular flexibility index (Phi) is 6.59. The van der Waals surface area contributed by atoms with Crippen molar-refractivity contribution in [3.05, 3.63) is 35.4 Å². The first-order chi connectivity index (χ1) is 9.34. The first kappa shape index (κ1) is 17.1. The maximum absolute atomic E-state index is 12.4. The number of nitrogens with one attached hydrogen (secondary N) is 1. The molecule has 1 aromatic rings. The summed E-state index contributed by atoms with van der Waals surface area (Å²) in [4.78, 5) is 11.4. The number of hydrogen-bond acceptors (Lipinski definition) is 1. The first-order valence-electron chi connectivity index (χ1n) is 6.20. The van der Waals surface area contributed by atoms with E-state index in [1.807, 2.05) is 14.1 Å². The Bertz CT molecular complexity index is 436. The first-order valence-corrected chi connectivity index (χ1v) is 7.12. The van der Waals surface area contributed by atoms with Gasteiger partial charge in [-0.2, -0.15) is 13.2 Å². The molecule has 0 heterocycles. The van der Waals surface area contributed by atoms with E-state index in [-0.39, 0.29) is 17.3 Å². The minimum atomic E-state index is -4.33.